The van der Waals surface area contributed by atoms with E-state index in [4.69, 9.17) is 0 Å². The van der Waals surface area contributed by atoms with Crippen molar-refractivity contribution in [1.29, 1.82) is 0 Å². The topological polar surface area (TPSA) is 55.6 Å². The van der Waals surface area contributed by atoms with E-state index in [-0.39, 0.29) is 0 Å². The molecule has 0 bridgehead atoms. The summed E-state index contributed by atoms with van der Waals surface area (Å²) in [6.07, 6.45) is 7.12. The number of hydrogen-bond acceptors (Lipinski definition) is 5. The van der Waals surface area contributed by atoms with E-state index in [0.29, 0.717) is 6.04 Å². The first-order chi connectivity index (χ1) is 10.3. The molecule has 3 rings (SSSR count). The molecule has 2 aromatic rings. The molecule has 0 radical (unpaired) electrons. The van der Waals surface area contributed by atoms with Gasteiger partial charge in [-0.15, -0.1) is 21.5 Å². The molecule has 6 heteroatoms. The van der Waals surface area contributed by atoms with Gasteiger partial charge >= 0.3 is 0 Å². The summed E-state index contributed by atoms with van der Waals surface area (Å²) in [5.41, 5.74) is 1.57. The molecule has 0 saturated carbocycles. The molecule has 0 aliphatic heterocycles. The number of aryl methyl sites for hydroxylation is 3. The van der Waals surface area contributed by atoms with Crippen LogP contribution in [0.25, 0.3) is 0 Å². The molecule has 0 saturated heterocycles. The van der Waals surface area contributed by atoms with Crippen molar-refractivity contribution in [3.63, 3.8) is 0 Å². The predicted octanol–water partition coefficient (Wildman–Crippen LogP) is 2.43. The second-order valence-corrected chi connectivity index (χ2v) is 6.88. The summed E-state index contributed by atoms with van der Waals surface area (Å²) in [6, 6.07) is 2.72. The van der Waals surface area contributed by atoms with Crippen molar-refractivity contribution in [1.82, 2.24) is 25.5 Å². The van der Waals surface area contributed by atoms with Crippen LogP contribution in [-0.2, 0) is 26.3 Å². The van der Waals surface area contributed by atoms with Gasteiger partial charge in [0.05, 0.1) is 7.05 Å². The zero-order valence-electron chi connectivity index (χ0n) is 12.8. The molecule has 0 amide bonds. The maximum Gasteiger partial charge on any atom is 0.176 e. The number of thiophene rings is 1. The van der Waals surface area contributed by atoms with Gasteiger partial charge in [-0.1, -0.05) is 6.92 Å². The van der Waals surface area contributed by atoms with Crippen molar-refractivity contribution < 1.29 is 0 Å². The monoisotopic (exact) mass is 305 g/mol. The molecule has 0 spiro atoms. The highest BCUT2D eigenvalue weighted by Crippen LogP contribution is 2.33. The Morgan fingerprint density at radius 2 is 2.24 bits per heavy atom. The molecule has 1 aliphatic carbocycles. The zero-order chi connectivity index (χ0) is 14.7. The summed E-state index contributed by atoms with van der Waals surface area (Å²) in [7, 11) is 1.81. The van der Waals surface area contributed by atoms with E-state index in [9.17, 15) is 0 Å². The summed E-state index contributed by atoms with van der Waals surface area (Å²) in [6.45, 7) is 3.22. The summed E-state index contributed by atoms with van der Waals surface area (Å²) in [5, 5.41) is 16.0. The first-order valence-corrected chi connectivity index (χ1v) is 8.65. The van der Waals surface area contributed by atoms with Crippen molar-refractivity contribution in [2.24, 2.45) is 7.05 Å². The van der Waals surface area contributed by atoms with E-state index in [2.05, 4.69) is 33.7 Å². The lowest BCUT2D eigenvalue weighted by Crippen LogP contribution is -2.23. The number of nitrogens with one attached hydrogen (secondary N) is 1. The van der Waals surface area contributed by atoms with Gasteiger partial charge in [0, 0.05) is 22.2 Å². The Morgan fingerprint density at radius 1 is 1.38 bits per heavy atom. The van der Waals surface area contributed by atoms with Gasteiger partial charge in [0.15, 0.2) is 5.82 Å². The van der Waals surface area contributed by atoms with Gasteiger partial charge in [0.2, 0.25) is 0 Å². The van der Waals surface area contributed by atoms with E-state index < -0.39 is 0 Å². The maximum atomic E-state index is 4.33. The smallest absolute Gasteiger partial charge is 0.176 e. The second-order valence-electron chi connectivity index (χ2n) is 5.71. The molecule has 0 fully saturated rings. The number of tetrazole rings is 1. The van der Waals surface area contributed by atoms with Crippen LogP contribution in [0.3, 0.4) is 0 Å². The Kier molecular flexibility index (Phi) is 4.65. The van der Waals surface area contributed by atoms with Crippen LogP contribution in [0.15, 0.2) is 6.07 Å². The van der Waals surface area contributed by atoms with E-state index >= 15 is 0 Å². The van der Waals surface area contributed by atoms with E-state index in [1.165, 1.54) is 35.4 Å². The summed E-state index contributed by atoms with van der Waals surface area (Å²) >= 11 is 1.97. The number of hydrogen-bond donors (Lipinski definition) is 1. The molecule has 114 valence electrons. The largest absolute Gasteiger partial charge is 0.309 e. The Balaban J connectivity index is 1.79. The van der Waals surface area contributed by atoms with Gasteiger partial charge in [-0.2, -0.15) is 4.80 Å². The average Bonchev–Trinajstić information content (AvgIpc) is 3.09. The third-order valence-electron chi connectivity index (χ3n) is 3.94. The lowest BCUT2D eigenvalue weighted by Gasteiger charge is -2.15. The second kappa shape index (κ2) is 6.66. The van der Waals surface area contributed by atoms with Gasteiger partial charge in [-0.25, -0.2) is 0 Å². The minimum absolute atomic E-state index is 0.310. The first kappa shape index (κ1) is 14.7. The standard InChI is InChI=1S/C15H23N5S/c1-3-8-16-12(10-15-17-19-20(2)18-15)14-9-11-6-4-5-7-13(11)21-14/h9,12,16H,3-8,10H2,1-2H3. The Bertz CT molecular complexity index is 565. The number of nitrogens with zero attached hydrogens (tertiary/aromatic N) is 4. The molecular formula is C15H23N5S. The number of aromatic nitrogens is 4. The fraction of sp³-hybridized carbons (Fsp3) is 0.667. The maximum absolute atomic E-state index is 4.33. The Morgan fingerprint density at radius 3 is 2.95 bits per heavy atom. The first-order valence-electron chi connectivity index (χ1n) is 7.84. The van der Waals surface area contributed by atoms with E-state index in [1.54, 1.807) is 10.4 Å². The molecule has 5 nitrogen and oxygen atoms in total. The SMILES string of the molecule is CCCNC(Cc1nnn(C)n1)c1cc2c(s1)CCCC2. The van der Waals surface area contributed by atoms with Crippen LogP contribution in [0.1, 0.15) is 53.4 Å². The quantitative estimate of drug-likeness (QED) is 0.890. The average molecular weight is 305 g/mol. The Labute approximate surface area is 129 Å². The van der Waals surface area contributed by atoms with Crippen LogP contribution >= 0.6 is 11.3 Å². The van der Waals surface area contributed by atoms with Gasteiger partial charge in [-0.05, 0) is 55.5 Å². The fourth-order valence-corrected chi connectivity index (χ4v) is 4.20. The molecule has 1 atom stereocenters. The molecule has 0 aromatic carbocycles. The van der Waals surface area contributed by atoms with Gasteiger partial charge in [0.1, 0.15) is 0 Å². The summed E-state index contributed by atoms with van der Waals surface area (Å²) in [4.78, 5) is 4.56. The Hall–Kier alpha value is -1.27. The van der Waals surface area contributed by atoms with Gasteiger partial charge in [0.25, 0.3) is 0 Å². The van der Waals surface area contributed by atoms with Crippen molar-refractivity contribution in [2.45, 2.75) is 51.5 Å². The van der Waals surface area contributed by atoms with Crippen LogP contribution in [0, 0.1) is 0 Å². The minimum Gasteiger partial charge on any atom is -0.309 e. The normalized spacial score (nSPS) is 15.9. The number of fused-ring (bicyclic) bond motifs is 1. The van der Waals surface area contributed by atoms with Crippen LogP contribution in [0.4, 0.5) is 0 Å². The highest BCUT2D eigenvalue weighted by Gasteiger charge is 2.20. The highest BCUT2D eigenvalue weighted by atomic mass is 32.1. The summed E-state index contributed by atoms with van der Waals surface area (Å²) in [5.74, 6) is 0.817. The molecule has 2 heterocycles. The lowest BCUT2D eigenvalue weighted by atomic mass is 9.98. The minimum atomic E-state index is 0.310. The zero-order valence-corrected chi connectivity index (χ0v) is 13.6. The van der Waals surface area contributed by atoms with Crippen LogP contribution in [-0.4, -0.2) is 26.8 Å². The predicted molar refractivity (Wildman–Crippen MR) is 84.5 cm³/mol. The third-order valence-corrected chi connectivity index (χ3v) is 5.29. The van der Waals surface area contributed by atoms with E-state index in [1.807, 2.05) is 18.4 Å². The molecular weight excluding hydrogens is 282 g/mol. The van der Waals surface area contributed by atoms with Crippen LogP contribution in [0.2, 0.25) is 0 Å². The molecule has 1 aliphatic rings. The van der Waals surface area contributed by atoms with E-state index in [0.717, 1.165) is 25.2 Å². The van der Waals surface area contributed by atoms with Crippen molar-refractivity contribution in [3.8, 4) is 0 Å². The summed E-state index contributed by atoms with van der Waals surface area (Å²) < 4.78 is 0. The highest BCUT2D eigenvalue weighted by molar-refractivity contribution is 7.12. The van der Waals surface area contributed by atoms with Gasteiger partial charge < -0.3 is 5.32 Å². The van der Waals surface area contributed by atoms with Crippen molar-refractivity contribution in [3.05, 3.63) is 27.2 Å². The molecule has 2 aromatic heterocycles. The van der Waals surface area contributed by atoms with Crippen LogP contribution < -0.4 is 5.32 Å². The fourth-order valence-electron chi connectivity index (χ4n) is 2.86. The van der Waals surface area contributed by atoms with Crippen molar-refractivity contribution in [2.75, 3.05) is 6.54 Å². The number of rotatable bonds is 6. The van der Waals surface area contributed by atoms with Crippen molar-refractivity contribution >= 4 is 11.3 Å². The molecule has 1 unspecified atom stereocenters. The molecule has 1 N–H and O–H groups in total. The van der Waals surface area contributed by atoms with Crippen LogP contribution in [0.5, 0.6) is 0 Å². The third kappa shape index (κ3) is 3.49. The molecule has 21 heavy (non-hydrogen) atoms. The lowest BCUT2D eigenvalue weighted by molar-refractivity contribution is 0.523. The van der Waals surface area contributed by atoms with Gasteiger partial charge in [-0.3, -0.25) is 0 Å².